The van der Waals surface area contributed by atoms with E-state index in [2.05, 4.69) is 33.0 Å². The molecule has 90 valence electrons. The molecule has 0 aliphatic heterocycles. The number of nitrogen functional groups attached to an aromatic ring is 1. The Bertz CT molecular complexity index is 490. The number of anilines is 1. The topological polar surface area (TPSA) is 64.9 Å². The lowest BCUT2D eigenvalue weighted by Crippen LogP contribution is -1.88. The van der Waals surface area contributed by atoms with E-state index in [1.54, 1.807) is 0 Å². The first kappa shape index (κ1) is 12.1. The first-order valence-corrected chi connectivity index (χ1v) is 6.37. The van der Waals surface area contributed by atoms with Crippen LogP contribution in [0.2, 0.25) is 0 Å². The first-order chi connectivity index (χ1) is 8.19. The van der Waals surface area contributed by atoms with Gasteiger partial charge in [-0.1, -0.05) is 34.4 Å². The van der Waals surface area contributed by atoms with Gasteiger partial charge in [0.15, 0.2) is 5.82 Å². The molecule has 0 aliphatic rings. The van der Waals surface area contributed by atoms with Gasteiger partial charge < -0.3 is 10.3 Å². The molecule has 1 aromatic heterocycles. The minimum absolute atomic E-state index is 0.518. The molecule has 2 rings (SSSR count). The van der Waals surface area contributed by atoms with Crippen molar-refractivity contribution >= 4 is 21.6 Å². The molecule has 0 spiro atoms. The molecule has 0 unspecified atom stereocenters. The molecule has 0 amide bonds. The monoisotopic (exact) mass is 295 g/mol. The molecule has 17 heavy (non-hydrogen) atoms. The molecule has 0 saturated carbocycles. The first-order valence-electron chi connectivity index (χ1n) is 5.58. The van der Waals surface area contributed by atoms with Crippen molar-refractivity contribution in [3.63, 3.8) is 0 Å². The number of hydrogen-bond acceptors (Lipinski definition) is 4. The van der Waals surface area contributed by atoms with Gasteiger partial charge in [0.2, 0.25) is 0 Å². The average molecular weight is 296 g/mol. The van der Waals surface area contributed by atoms with Crippen molar-refractivity contribution in [3.05, 3.63) is 28.5 Å². The van der Waals surface area contributed by atoms with Gasteiger partial charge in [-0.15, -0.1) is 0 Å². The van der Waals surface area contributed by atoms with E-state index in [1.807, 2.05) is 18.2 Å². The van der Waals surface area contributed by atoms with E-state index in [9.17, 15) is 0 Å². The Kier molecular flexibility index (Phi) is 3.78. The summed E-state index contributed by atoms with van der Waals surface area (Å²) in [4.78, 5) is 4.35. The fourth-order valence-corrected chi connectivity index (χ4v) is 2.05. The van der Waals surface area contributed by atoms with Crippen molar-refractivity contribution in [3.8, 4) is 11.5 Å². The highest BCUT2D eigenvalue weighted by Crippen LogP contribution is 2.25. The van der Waals surface area contributed by atoms with Crippen molar-refractivity contribution in [1.82, 2.24) is 10.1 Å². The summed E-state index contributed by atoms with van der Waals surface area (Å²) in [5.41, 5.74) is 7.27. The van der Waals surface area contributed by atoms with Crippen molar-refractivity contribution in [1.29, 1.82) is 0 Å². The molecule has 5 heteroatoms. The number of rotatable bonds is 4. The highest BCUT2D eigenvalue weighted by Gasteiger charge is 2.09. The van der Waals surface area contributed by atoms with Gasteiger partial charge in [-0.3, -0.25) is 0 Å². The number of aryl methyl sites for hydroxylation is 1. The molecule has 0 aliphatic carbocycles. The number of nitrogens with zero attached hydrogens (tertiary/aromatic N) is 2. The minimum atomic E-state index is 0.518. The molecule has 1 aromatic carbocycles. The van der Waals surface area contributed by atoms with Gasteiger partial charge in [0.05, 0.1) is 0 Å². The zero-order valence-corrected chi connectivity index (χ0v) is 11.2. The zero-order valence-electron chi connectivity index (χ0n) is 9.61. The lowest BCUT2D eigenvalue weighted by Gasteiger charge is -1.98. The third-order valence-corrected chi connectivity index (χ3v) is 2.85. The Balaban J connectivity index is 2.24. The number of unbranched alkanes of at least 4 members (excludes halogenated alkanes) is 1. The van der Waals surface area contributed by atoms with E-state index in [-0.39, 0.29) is 0 Å². The van der Waals surface area contributed by atoms with E-state index in [1.165, 1.54) is 0 Å². The summed E-state index contributed by atoms with van der Waals surface area (Å²) in [5.74, 6) is 1.27. The molecule has 0 radical (unpaired) electrons. The highest BCUT2D eigenvalue weighted by molar-refractivity contribution is 9.10. The maximum absolute atomic E-state index is 5.76. The summed E-state index contributed by atoms with van der Waals surface area (Å²) < 4.78 is 6.12. The molecular formula is C12H14BrN3O. The van der Waals surface area contributed by atoms with Crippen molar-refractivity contribution in [2.24, 2.45) is 0 Å². The Morgan fingerprint density at radius 3 is 2.88 bits per heavy atom. The summed E-state index contributed by atoms with van der Waals surface area (Å²) in [6, 6.07) is 5.56. The van der Waals surface area contributed by atoms with Gasteiger partial charge in [0.25, 0.3) is 5.89 Å². The summed E-state index contributed by atoms with van der Waals surface area (Å²) >= 11 is 3.39. The van der Waals surface area contributed by atoms with Gasteiger partial charge in [0, 0.05) is 22.1 Å². The fraction of sp³-hybridized carbons (Fsp3) is 0.333. The quantitative estimate of drug-likeness (QED) is 0.878. The Hall–Kier alpha value is -1.36. The number of aromatic nitrogens is 2. The predicted molar refractivity (Wildman–Crippen MR) is 70.5 cm³/mol. The standard InChI is InChI=1S/C12H14BrN3O/c1-2-3-4-11-15-12(17-16-11)8-5-9(13)7-10(14)6-8/h5-7H,2-4,14H2,1H3. The van der Waals surface area contributed by atoms with Crippen LogP contribution in [0, 0.1) is 0 Å². The van der Waals surface area contributed by atoms with Gasteiger partial charge >= 0.3 is 0 Å². The summed E-state index contributed by atoms with van der Waals surface area (Å²) in [6.07, 6.45) is 3.04. The second-order valence-corrected chi connectivity index (χ2v) is 4.81. The van der Waals surface area contributed by atoms with E-state index < -0.39 is 0 Å². The van der Waals surface area contributed by atoms with Crippen LogP contribution < -0.4 is 5.73 Å². The molecule has 2 aromatic rings. The largest absolute Gasteiger partial charge is 0.399 e. The van der Waals surface area contributed by atoms with Gasteiger partial charge in [-0.2, -0.15) is 4.98 Å². The Morgan fingerprint density at radius 1 is 1.35 bits per heavy atom. The van der Waals surface area contributed by atoms with Crippen molar-refractivity contribution in [2.45, 2.75) is 26.2 Å². The van der Waals surface area contributed by atoms with Crippen LogP contribution in [0.25, 0.3) is 11.5 Å². The molecule has 2 N–H and O–H groups in total. The molecular weight excluding hydrogens is 282 g/mol. The van der Waals surface area contributed by atoms with Crippen LogP contribution in [0.5, 0.6) is 0 Å². The van der Waals surface area contributed by atoms with Crippen molar-refractivity contribution < 1.29 is 4.52 Å². The third-order valence-electron chi connectivity index (χ3n) is 2.39. The second kappa shape index (κ2) is 5.31. The summed E-state index contributed by atoms with van der Waals surface area (Å²) in [7, 11) is 0. The van der Waals surface area contributed by atoms with Crippen LogP contribution in [0.15, 0.2) is 27.2 Å². The fourth-order valence-electron chi connectivity index (χ4n) is 1.54. The smallest absolute Gasteiger partial charge is 0.258 e. The van der Waals surface area contributed by atoms with Crippen molar-refractivity contribution in [2.75, 3.05) is 5.73 Å². The van der Waals surface area contributed by atoms with Crippen LogP contribution in [-0.4, -0.2) is 10.1 Å². The number of nitrogens with two attached hydrogens (primary N) is 1. The number of halogens is 1. The van der Waals surface area contributed by atoms with Crippen LogP contribution >= 0.6 is 15.9 Å². The summed E-state index contributed by atoms with van der Waals surface area (Å²) in [6.45, 7) is 2.13. The van der Waals surface area contributed by atoms with Gasteiger partial charge in [-0.05, 0) is 24.6 Å². The Labute approximate surface area is 108 Å². The predicted octanol–water partition coefficient (Wildman–Crippen LogP) is 3.42. The molecule has 0 fully saturated rings. The Morgan fingerprint density at radius 2 is 2.18 bits per heavy atom. The summed E-state index contributed by atoms with van der Waals surface area (Å²) in [5, 5.41) is 3.95. The van der Waals surface area contributed by atoms with Crippen LogP contribution in [0.1, 0.15) is 25.6 Å². The van der Waals surface area contributed by atoms with Gasteiger partial charge in [-0.25, -0.2) is 0 Å². The van der Waals surface area contributed by atoms with E-state index >= 15 is 0 Å². The highest BCUT2D eigenvalue weighted by atomic mass is 79.9. The number of hydrogen-bond donors (Lipinski definition) is 1. The maximum atomic E-state index is 5.76. The maximum Gasteiger partial charge on any atom is 0.258 e. The SMILES string of the molecule is CCCCc1noc(-c2cc(N)cc(Br)c2)n1. The van der Waals surface area contributed by atoms with E-state index in [0.717, 1.165) is 35.1 Å². The molecule has 0 atom stereocenters. The van der Waals surface area contributed by atoms with Crippen LogP contribution in [0.3, 0.4) is 0 Å². The van der Waals surface area contributed by atoms with E-state index in [0.29, 0.717) is 11.6 Å². The molecule has 1 heterocycles. The normalized spacial score (nSPS) is 10.7. The third kappa shape index (κ3) is 3.06. The lowest BCUT2D eigenvalue weighted by atomic mass is 10.2. The average Bonchev–Trinajstić information content (AvgIpc) is 2.73. The van der Waals surface area contributed by atoms with Gasteiger partial charge in [0.1, 0.15) is 0 Å². The number of benzene rings is 1. The molecule has 0 bridgehead atoms. The van der Waals surface area contributed by atoms with Crippen LogP contribution in [-0.2, 0) is 6.42 Å². The molecule has 4 nitrogen and oxygen atoms in total. The van der Waals surface area contributed by atoms with Crippen LogP contribution in [0.4, 0.5) is 5.69 Å². The molecule has 0 saturated heterocycles. The zero-order chi connectivity index (χ0) is 12.3. The lowest BCUT2D eigenvalue weighted by molar-refractivity contribution is 0.421. The second-order valence-electron chi connectivity index (χ2n) is 3.89. The minimum Gasteiger partial charge on any atom is -0.399 e. The van der Waals surface area contributed by atoms with E-state index in [4.69, 9.17) is 10.3 Å².